The Morgan fingerprint density at radius 2 is 1.90 bits per heavy atom. The Hall–Kier alpha value is -0.450. The lowest BCUT2D eigenvalue weighted by Gasteiger charge is -2.35. The van der Waals surface area contributed by atoms with E-state index in [1.54, 1.807) is 0 Å². The summed E-state index contributed by atoms with van der Waals surface area (Å²) in [5.41, 5.74) is 1.36. The summed E-state index contributed by atoms with van der Waals surface area (Å²) >= 11 is 2.00. The fourth-order valence-electron chi connectivity index (χ4n) is 4.13. The Balaban J connectivity index is 1.49. The van der Waals surface area contributed by atoms with Gasteiger partial charge in [0.05, 0.1) is 10.7 Å². The van der Waals surface area contributed by atoms with Crippen LogP contribution in [0.15, 0.2) is 0 Å². The Labute approximate surface area is 132 Å². The molecule has 1 N–H and O–H groups in total. The van der Waals surface area contributed by atoms with Gasteiger partial charge in [0.15, 0.2) is 0 Å². The molecule has 2 unspecified atom stereocenters. The second kappa shape index (κ2) is 5.64. The highest BCUT2D eigenvalue weighted by Crippen LogP contribution is 2.43. The van der Waals surface area contributed by atoms with Gasteiger partial charge in [0.1, 0.15) is 0 Å². The number of piperidine rings is 1. The lowest BCUT2D eigenvalue weighted by Crippen LogP contribution is -2.39. The molecule has 4 heteroatoms. The van der Waals surface area contributed by atoms with E-state index in [-0.39, 0.29) is 0 Å². The maximum Gasteiger partial charge on any atom is 0.0963 e. The number of aromatic nitrogens is 1. The monoisotopic (exact) mass is 305 g/mol. The summed E-state index contributed by atoms with van der Waals surface area (Å²) in [5.74, 6) is 0.726. The summed E-state index contributed by atoms with van der Waals surface area (Å²) in [7, 11) is 2.32. The van der Waals surface area contributed by atoms with E-state index in [1.807, 2.05) is 11.3 Å². The zero-order valence-corrected chi connectivity index (χ0v) is 14.1. The van der Waals surface area contributed by atoms with Gasteiger partial charge in [-0.1, -0.05) is 6.92 Å². The van der Waals surface area contributed by atoms with Gasteiger partial charge < -0.3 is 10.2 Å². The third kappa shape index (κ3) is 2.78. The Bertz CT molecular complexity index is 494. The number of hydrogen-bond acceptors (Lipinski definition) is 4. The highest BCUT2D eigenvalue weighted by Gasteiger charge is 2.40. The van der Waals surface area contributed by atoms with Crippen molar-refractivity contribution in [1.29, 1.82) is 0 Å². The van der Waals surface area contributed by atoms with Crippen molar-refractivity contribution in [2.24, 2.45) is 0 Å². The number of rotatable bonds is 5. The SMILES string of the molecule is CCc1nc(C2CC3CCC(C2)N3C)sc1CNC1CC1. The molecule has 3 aliphatic rings. The zero-order chi connectivity index (χ0) is 14.4. The molecule has 1 aromatic heterocycles. The van der Waals surface area contributed by atoms with Crippen LogP contribution in [-0.2, 0) is 13.0 Å². The normalized spacial score (nSPS) is 32.8. The molecule has 3 nitrogen and oxygen atoms in total. The lowest BCUT2D eigenvalue weighted by atomic mass is 9.92. The number of nitrogens with zero attached hydrogens (tertiary/aromatic N) is 2. The summed E-state index contributed by atoms with van der Waals surface area (Å²) < 4.78 is 0. The van der Waals surface area contributed by atoms with E-state index in [2.05, 4.69) is 24.2 Å². The topological polar surface area (TPSA) is 28.2 Å². The van der Waals surface area contributed by atoms with Crippen LogP contribution in [0.4, 0.5) is 0 Å². The highest BCUT2D eigenvalue weighted by atomic mass is 32.1. The van der Waals surface area contributed by atoms with Gasteiger partial charge in [0.2, 0.25) is 0 Å². The molecule has 2 aliphatic heterocycles. The van der Waals surface area contributed by atoms with Crippen molar-refractivity contribution in [2.75, 3.05) is 7.05 Å². The summed E-state index contributed by atoms with van der Waals surface area (Å²) in [5, 5.41) is 5.10. The maximum absolute atomic E-state index is 5.03. The summed E-state index contributed by atoms with van der Waals surface area (Å²) in [6, 6.07) is 2.42. The van der Waals surface area contributed by atoms with E-state index in [0.717, 1.165) is 37.0 Å². The van der Waals surface area contributed by atoms with Crippen LogP contribution in [0.3, 0.4) is 0 Å². The van der Waals surface area contributed by atoms with Crippen LogP contribution in [0.5, 0.6) is 0 Å². The molecule has 4 rings (SSSR count). The standard InChI is InChI=1S/C17H27N3S/c1-3-15-16(10-18-12-4-5-12)21-17(19-15)11-8-13-6-7-14(9-11)20(13)2/h11-14,18H,3-10H2,1-2H3. The quantitative estimate of drug-likeness (QED) is 0.905. The molecule has 3 fully saturated rings. The number of fused-ring (bicyclic) bond motifs is 2. The largest absolute Gasteiger partial charge is 0.309 e. The second-order valence-corrected chi connectivity index (χ2v) is 8.26. The minimum atomic E-state index is 0.726. The molecule has 21 heavy (non-hydrogen) atoms. The predicted octanol–water partition coefficient (Wildman–Crippen LogP) is 3.30. The molecule has 0 aromatic carbocycles. The lowest BCUT2D eigenvalue weighted by molar-refractivity contribution is 0.161. The van der Waals surface area contributed by atoms with Crippen molar-refractivity contribution < 1.29 is 0 Å². The number of thiazole rings is 1. The average Bonchev–Trinajstić information content (AvgIpc) is 3.20. The Morgan fingerprint density at radius 3 is 2.52 bits per heavy atom. The van der Waals surface area contributed by atoms with Crippen molar-refractivity contribution in [2.45, 2.75) is 82.5 Å². The molecule has 3 heterocycles. The van der Waals surface area contributed by atoms with Gasteiger partial charge in [0.25, 0.3) is 0 Å². The third-order valence-corrected chi connectivity index (χ3v) is 6.97. The molecule has 0 radical (unpaired) electrons. The minimum Gasteiger partial charge on any atom is -0.309 e. The zero-order valence-electron chi connectivity index (χ0n) is 13.3. The van der Waals surface area contributed by atoms with Crippen LogP contribution >= 0.6 is 11.3 Å². The van der Waals surface area contributed by atoms with Crippen molar-refractivity contribution in [1.82, 2.24) is 15.2 Å². The van der Waals surface area contributed by atoms with Gasteiger partial charge in [-0.2, -0.15) is 0 Å². The van der Waals surface area contributed by atoms with Gasteiger partial charge in [0, 0.05) is 35.5 Å². The molecular formula is C17H27N3S. The van der Waals surface area contributed by atoms with Crippen LogP contribution in [-0.4, -0.2) is 35.1 Å². The van der Waals surface area contributed by atoms with E-state index >= 15 is 0 Å². The maximum atomic E-state index is 5.03. The van der Waals surface area contributed by atoms with E-state index in [0.29, 0.717) is 0 Å². The van der Waals surface area contributed by atoms with E-state index in [4.69, 9.17) is 4.98 Å². The second-order valence-electron chi connectivity index (χ2n) is 7.15. The molecule has 0 spiro atoms. The summed E-state index contributed by atoms with van der Waals surface area (Å²) in [6.07, 6.45) is 9.28. The highest BCUT2D eigenvalue weighted by molar-refractivity contribution is 7.11. The molecule has 0 amide bonds. The first-order valence-corrected chi connectivity index (χ1v) is 9.50. The first-order valence-electron chi connectivity index (χ1n) is 8.68. The summed E-state index contributed by atoms with van der Waals surface area (Å²) in [4.78, 5) is 9.16. The van der Waals surface area contributed by atoms with E-state index in [9.17, 15) is 0 Å². The molecule has 1 saturated carbocycles. The Kier molecular flexibility index (Phi) is 3.80. The van der Waals surface area contributed by atoms with Gasteiger partial charge >= 0.3 is 0 Å². The molecular weight excluding hydrogens is 278 g/mol. The van der Waals surface area contributed by atoms with Crippen molar-refractivity contribution in [3.63, 3.8) is 0 Å². The van der Waals surface area contributed by atoms with Crippen LogP contribution in [0.2, 0.25) is 0 Å². The van der Waals surface area contributed by atoms with Crippen LogP contribution in [0.25, 0.3) is 0 Å². The van der Waals surface area contributed by atoms with E-state index in [1.165, 1.54) is 54.1 Å². The van der Waals surface area contributed by atoms with Gasteiger partial charge in [-0.25, -0.2) is 4.98 Å². The summed E-state index contributed by atoms with van der Waals surface area (Å²) in [6.45, 7) is 3.29. The predicted molar refractivity (Wildman–Crippen MR) is 87.9 cm³/mol. The van der Waals surface area contributed by atoms with Crippen molar-refractivity contribution in [3.05, 3.63) is 15.6 Å². The smallest absolute Gasteiger partial charge is 0.0963 e. The fourth-order valence-corrected chi connectivity index (χ4v) is 5.36. The molecule has 2 atom stereocenters. The third-order valence-electron chi connectivity index (χ3n) is 5.71. The van der Waals surface area contributed by atoms with Crippen molar-refractivity contribution >= 4 is 11.3 Å². The fraction of sp³-hybridized carbons (Fsp3) is 0.824. The van der Waals surface area contributed by atoms with Crippen molar-refractivity contribution in [3.8, 4) is 0 Å². The van der Waals surface area contributed by atoms with Gasteiger partial charge in [-0.3, -0.25) is 0 Å². The van der Waals surface area contributed by atoms with Crippen LogP contribution in [0.1, 0.15) is 66.9 Å². The number of nitrogens with one attached hydrogen (secondary N) is 1. The molecule has 1 aliphatic carbocycles. The average molecular weight is 305 g/mol. The number of hydrogen-bond donors (Lipinski definition) is 1. The molecule has 2 bridgehead atoms. The first-order chi connectivity index (χ1) is 10.2. The number of aryl methyl sites for hydroxylation is 1. The molecule has 2 saturated heterocycles. The first kappa shape index (κ1) is 14.2. The van der Waals surface area contributed by atoms with Gasteiger partial charge in [-0.15, -0.1) is 11.3 Å². The molecule has 116 valence electrons. The Morgan fingerprint density at radius 1 is 1.19 bits per heavy atom. The molecule has 1 aromatic rings. The van der Waals surface area contributed by atoms with Gasteiger partial charge in [-0.05, 0) is 52.0 Å². The van der Waals surface area contributed by atoms with Crippen LogP contribution < -0.4 is 5.32 Å². The van der Waals surface area contributed by atoms with E-state index < -0.39 is 0 Å². The minimum absolute atomic E-state index is 0.726. The van der Waals surface area contributed by atoms with Crippen LogP contribution in [0, 0.1) is 0 Å².